The number of sulfonamides is 1. The summed E-state index contributed by atoms with van der Waals surface area (Å²) in [5.41, 5.74) is 5.88. The van der Waals surface area contributed by atoms with Gasteiger partial charge in [0, 0.05) is 17.7 Å². The monoisotopic (exact) mass is 373 g/mol. The molecule has 0 aromatic heterocycles. The van der Waals surface area contributed by atoms with Crippen LogP contribution in [0, 0.1) is 6.92 Å². The summed E-state index contributed by atoms with van der Waals surface area (Å²) in [6.07, 6.45) is 1.41. The van der Waals surface area contributed by atoms with E-state index in [-0.39, 0.29) is 17.0 Å². The number of hydrazine groups is 1. The number of hydrogen-bond donors (Lipinski definition) is 3. The van der Waals surface area contributed by atoms with Gasteiger partial charge in [0.1, 0.15) is 0 Å². The van der Waals surface area contributed by atoms with Crippen molar-refractivity contribution in [3.63, 3.8) is 0 Å². The molecule has 0 bridgehead atoms. The predicted octanol–water partition coefficient (Wildman–Crippen LogP) is 1.53. The average molecular weight is 373 g/mol. The molecule has 2 aromatic rings. The Balaban J connectivity index is 2.08. The van der Waals surface area contributed by atoms with E-state index in [0.717, 1.165) is 5.56 Å². The zero-order chi connectivity index (χ0) is 19.2. The third kappa shape index (κ3) is 4.78. The molecule has 0 fully saturated rings. The highest BCUT2D eigenvalue weighted by molar-refractivity contribution is 7.89. The van der Waals surface area contributed by atoms with Crippen molar-refractivity contribution in [3.8, 4) is 0 Å². The highest BCUT2D eigenvalue weighted by Gasteiger charge is 2.16. The van der Waals surface area contributed by atoms with Gasteiger partial charge in [-0.2, -0.15) is 0 Å². The Morgan fingerprint density at radius 3 is 2.42 bits per heavy atom. The zero-order valence-corrected chi connectivity index (χ0v) is 15.0. The predicted molar refractivity (Wildman–Crippen MR) is 97.9 cm³/mol. The van der Waals surface area contributed by atoms with E-state index in [4.69, 9.17) is 0 Å². The van der Waals surface area contributed by atoms with Crippen molar-refractivity contribution in [1.82, 2.24) is 15.6 Å². The maximum atomic E-state index is 12.2. The lowest BCUT2D eigenvalue weighted by Crippen LogP contribution is -2.41. The van der Waals surface area contributed by atoms with Gasteiger partial charge >= 0.3 is 0 Å². The summed E-state index contributed by atoms with van der Waals surface area (Å²) in [5, 5.41) is 0. The molecular formula is C18H19N3O4S. The normalized spacial score (nSPS) is 10.8. The lowest BCUT2D eigenvalue weighted by Gasteiger charge is -2.10. The molecule has 0 heterocycles. The summed E-state index contributed by atoms with van der Waals surface area (Å²) in [7, 11) is -3.75. The largest absolute Gasteiger partial charge is 0.269 e. The Bertz CT molecular complexity index is 939. The molecule has 3 N–H and O–H groups in total. The van der Waals surface area contributed by atoms with E-state index < -0.39 is 21.8 Å². The summed E-state index contributed by atoms with van der Waals surface area (Å²) < 4.78 is 26.5. The SMILES string of the molecule is C=CCNS(=O)(=O)c1cccc(C(=O)NNC(=O)c2ccccc2C)c1. The van der Waals surface area contributed by atoms with Crippen LogP contribution < -0.4 is 15.6 Å². The minimum absolute atomic E-state index is 0.0581. The van der Waals surface area contributed by atoms with E-state index in [1.807, 2.05) is 0 Å². The second-order valence-electron chi connectivity index (χ2n) is 5.39. The lowest BCUT2D eigenvalue weighted by atomic mass is 10.1. The van der Waals surface area contributed by atoms with Crippen LogP contribution in [0.25, 0.3) is 0 Å². The van der Waals surface area contributed by atoms with Gasteiger partial charge < -0.3 is 0 Å². The highest BCUT2D eigenvalue weighted by Crippen LogP contribution is 2.11. The van der Waals surface area contributed by atoms with Crippen molar-refractivity contribution in [2.45, 2.75) is 11.8 Å². The van der Waals surface area contributed by atoms with Gasteiger partial charge in [-0.15, -0.1) is 6.58 Å². The number of carbonyl (C=O) groups is 2. The zero-order valence-electron chi connectivity index (χ0n) is 14.2. The van der Waals surface area contributed by atoms with Gasteiger partial charge in [0.25, 0.3) is 11.8 Å². The van der Waals surface area contributed by atoms with Crippen LogP contribution in [0.4, 0.5) is 0 Å². The second-order valence-corrected chi connectivity index (χ2v) is 7.16. The van der Waals surface area contributed by atoms with Crippen LogP contribution in [0.3, 0.4) is 0 Å². The molecule has 0 saturated heterocycles. The minimum atomic E-state index is -3.75. The quantitative estimate of drug-likeness (QED) is 0.528. The maximum Gasteiger partial charge on any atom is 0.269 e. The van der Waals surface area contributed by atoms with Crippen molar-refractivity contribution in [1.29, 1.82) is 0 Å². The Labute approximate surface area is 152 Å². The smallest absolute Gasteiger partial charge is 0.267 e. The van der Waals surface area contributed by atoms with Gasteiger partial charge in [0.05, 0.1) is 4.90 Å². The Morgan fingerprint density at radius 1 is 1.04 bits per heavy atom. The number of rotatable bonds is 6. The summed E-state index contributed by atoms with van der Waals surface area (Å²) in [6.45, 7) is 5.30. The first kappa shape index (κ1) is 19.4. The molecular weight excluding hydrogens is 354 g/mol. The fourth-order valence-corrected chi connectivity index (χ4v) is 3.18. The van der Waals surface area contributed by atoms with Crippen molar-refractivity contribution >= 4 is 21.8 Å². The van der Waals surface area contributed by atoms with E-state index in [0.29, 0.717) is 5.56 Å². The van der Waals surface area contributed by atoms with Crippen molar-refractivity contribution in [2.24, 2.45) is 0 Å². The number of hydrogen-bond acceptors (Lipinski definition) is 4. The van der Waals surface area contributed by atoms with Crippen molar-refractivity contribution in [3.05, 3.63) is 77.9 Å². The van der Waals surface area contributed by atoms with Gasteiger partial charge in [-0.25, -0.2) is 13.1 Å². The molecule has 2 amide bonds. The lowest BCUT2D eigenvalue weighted by molar-refractivity contribution is 0.0846. The van der Waals surface area contributed by atoms with Gasteiger partial charge in [-0.1, -0.05) is 30.3 Å². The molecule has 0 unspecified atom stereocenters. The molecule has 8 heteroatoms. The highest BCUT2D eigenvalue weighted by atomic mass is 32.2. The van der Waals surface area contributed by atoms with Gasteiger partial charge in [-0.3, -0.25) is 20.4 Å². The number of benzene rings is 2. The fraction of sp³-hybridized carbons (Fsp3) is 0.111. The standard InChI is InChI=1S/C18H19N3O4S/c1-3-11-19-26(24,25)15-9-6-8-14(12-15)17(22)20-21-18(23)16-10-5-4-7-13(16)2/h3-10,12,19H,1,11H2,2H3,(H,20,22)(H,21,23). The number of carbonyl (C=O) groups excluding carboxylic acids is 2. The van der Waals surface area contributed by atoms with Crippen LogP contribution in [0.5, 0.6) is 0 Å². The Kier molecular flexibility index (Phi) is 6.26. The van der Waals surface area contributed by atoms with Crippen LogP contribution in [0.1, 0.15) is 26.3 Å². The Hall–Kier alpha value is -2.97. The van der Waals surface area contributed by atoms with Gasteiger partial charge in [0.15, 0.2) is 0 Å². The molecule has 0 aliphatic heterocycles. The molecule has 7 nitrogen and oxygen atoms in total. The van der Waals surface area contributed by atoms with Crippen LogP contribution in [-0.2, 0) is 10.0 Å². The van der Waals surface area contributed by atoms with E-state index in [1.54, 1.807) is 31.2 Å². The molecule has 0 saturated carbocycles. The third-order valence-corrected chi connectivity index (χ3v) is 4.92. The number of nitrogens with one attached hydrogen (secondary N) is 3. The molecule has 136 valence electrons. The first-order chi connectivity index (χ1) is 12.3. The molecule has 0 radical (unpaired) electrons. The summed E-state index contributed by atoms with van der Waals surface area (Å²) in [6, 6.07) is 12.4. The maximum absolute atomic E-state index is 12.2. The molecule has 2 rings (SSSR count). The molecule has 0 spiro atoms. The topological polar surface area (TPSA) is 104 Å². The summed E-state index contributed by atoms with van der Waals surface area (Å²) >= 11 is 0. The molecule has 0 aliphatic carbocycles. The summed E-state index contributed by atoms with van der Waals surface area (Å²) in [4.78, 5) is 24.2. The number of aryl methyl sites for hydroxylation is 1. The summed E-state index contributed by atoms with van der Waals surface area (Å²) in [5.74, 6) is -1.10. The van der Waals surface area contributed by atoms with E-state index in [1.165, 1.54) is 30.3 Å². The first-order valence-corrected chi connectivity index (χ1v) is 9.20. The molecule has 0 aliphatic rings. The van der Waals surface area contributed by atoms with Crippen LogP contribution in [0.15, 0.2) is 66.1 Å². The van der Waals surface area contributed by atoms with Crippen LogP contribution >= 0.6 is 0 Å². The van der Waals surface area contributed by atoms with Gasteiger partial charge in [-0.05, 0) is 36.8 Å². The van der Waals surface area contributed by atoms with Gasteiger partial charge in [0.2, 0.25) is 10.0 Å². The third-order valence-electron chi connectivity index (χ3n) is 3.50. The average Bonchev–Trinajstić information content (AvgIpc) is 2.64. The van der Waals surface area contributed by atoms with E-state index >= 15 is 0 Å². The van der Waals surface area contributed by atoms with Crippen molar-refractivity contribution < 1.29 is 18.0 Å². The molecule has 2 aromatic carbocycles. The number of amides is 2. The fourth-order valence-electron chi connectivity index (χ4n) is 2.14. The molecule has 0 atom stereocenters. The van der Waals surface area contributed by atoms with Crippen molar-refractivity contribution in [2.75, 3.05) is 6.54 Å². The van der Waals surface area contributed by atoms with E-state index in [9.17, 15) is 18.0 Å². The van der Waals surface area contributed by atoms with E-state index in [2.05, 4.69) is 22.2 Å². The minimum Gasteiger partial charge on any atom is -0.267 e. The molecule has 26 heavy (non-hydrogen) atoms. The first-order valence-electron chi connectivity index (χ1n) is 7.72. The van der Waals surface area contributed by atoms with Crippen LogP contribution in [-0.4, -0.2) is 26.8 Å². The Morgan fingerprint density at radius 2 is 1.73 bits per heavy atom. The second kappa shape index (κ2) is 8.41. The van der Waals surface area contributed by atoms with Crippen LogP contribution in [0.2, 0.25) is 0 Å².